The third-order valence-electron chi connectivity index (χ3n) is 7.74. The van der Waals surface area contributed by atoms with E-state index in [0.717, 1.165) is 6.42 Å². The Morgan fingerprint density at radius 3 is 2.14 bits per heavy atom. The average molecular weight is 713 g/mol. The van der Waals surface area contributed by atoms with E-state index in [-0.39, 0.29) is 63.5 Å². The van der Waals surface area contributed by atoms with Crippen LogP contribution in [0.3, 0.4) is 0 Å². The number of nitrogens with zero attached hydrogens (tertiary/aromatic N) is 1. The Kier molecular flexibility index (Phi) is 20.7. The third-order valence-corrected chi connectivity index (χ3v) is 7.74. The lowest BCUT2D eigenvalue weighted by Gasteiger charge is -2.27. The Balaban J connectivity index is 3.44. The van der Waals surface area contributed by atoms with E-state index in [2.05, 4.69) is 36.9 Å². The van der Waals surface area contributed by atoms with Gasteiger partial charge >= 0.3 is 5.97 Å². The zero-order valence-corrected chi connectivity index (χ0v) is 29.0. The zero-order valence-electron chi connectivity index (χ0n) is 29.0. The molecular formula is C31H56N10O9. The molecule has 50 heavy (non-hydrogen) atoms. The van der Waals surface area contributed by atoms with Gasteiger partial charge in [-0.15, -0.1) is 0 Å². The summed E-state index contributed by atoms with van der Waals surface area (Å²) in [6.45, 7) is 3.40. The Bertz CT molecular complexity index is 1180. The number of carboxylic acids is 1. The Labute approximate surface area is 292 Å². The van der Waals surface area contributed by atoms with Crippen molar-refractivity contribution < 1.29 is 43.8 Å². The zero-order chi connectivity index (χ0) is 37.6. The van der Waals surface area contributed by atoms with E-state index in [1.807, 2.05) is 0 Å². The van der Waals surface area contributed by atoms with Crippen molar-refractivity contribution in [2.45, 2.75) is 115 Å². The number of aliphatic hydroxyl groups is 1. The van der Waals surface area contributed by atoms with Crippen LogP contribution in [0.2, 0.25) is 0 Å². The van der Waals surface area contributed by atoms with Crippen LogP contribution in [0, 0.1) is 5.92 Å². The van der Waals surface area contributed by atoms with Crippen LogP contribution in [0.1, 0.15) is 84.5 Å². The summed E-state index contributed by atoms with van der Waals surface area (Å²) < 4.78 is 0. The highest BCUT2D eigenvalue weighted by molar-refractivity contribution is 5.97. The monoisotopic (exact) mass is 712 g/mol. The number of aliphatic carboxylic acids is 1. The topological polar surface area (TPSA) is 323 Å². The Morgan fingerprint density at radius 2 is 1.52 bits per heavy atom. The van der Waals surface area contributed by atoms with Crippen molar-refractivity contribution in [2.75, 3.05) is 26.2 Å². The molecule has 1 aliphatic rings. The predicted molar refractivity (Wildman–Crippen MR) is 183 cm³/mol. The van der Waals surface area contributed by atoms with Gasteiger partial charge in [0.2, 0.25) is 35.4 Å². The van der Waals surface area contributed by atoms with E-state index in [1.54, 1.807) is 13.8 Å². The molecule has 0 aliphatic carbocycles. The Morgan fingerprint density at radius 1 is 0.880 bits per heavy atom. The molecule has 19 heteroatoms. The van der Waals surface area contributed by atoms with Crippen LogP contribution >= 0.6 is 0 Å². The molecular weight excluding hydrogens is 656 g/mol. The molecule has 0 spiro atoms. The highest BCUT2D eigenvalue weighted by atomic mass is 16.4. The maximum atomic E-state index is 13.7. The first-order valence-electron chi connectivity index (χ1n) is 17.0. The van der Waals surface area contributed by atoms with E-state index >= 15 is 0 Å². The van der Waals surface area contributed by atoms with Gasteiger partial charge < -0.3 is 59.3 Å². The molecule has 1 heterocycles. The van der Waals surface area contributed by atoms with Gasteiger partial charge in [-0.05, 0) is 63.8 Å². The molecule has 0 saturated carbocycles. The number of nitrogens with one attached hydrogen (secondary N) is 6. The molecule has 14 N–H and O–H groups in total. The number of aliphatic imine (C=N–C) groups is 1. The van der Waals surface area contributed by atoms with Gasteiger partial charge in [-0.3, -0.25) is 33.8 Å². The molecule has 0 bridgehead atoms. The van der Waals surface area contributed by atoms with Crippen molar-refractivity contribution in [2.24, 2.45) is 28.1 Å². The number of aliphatic hydroxyl groups excluding tert-OH is 1. The van der Waals surface area contributed by atoms with Crippen molar-refractivity contribution in [3.63, 3.8) is 0 Å². The van der Waals surface area contributed by atoms with E-state index in [1.165, 1.54) is 0 Å². The lowest BCUT2D eigenvalue weighted by molar-refractivity contribution is -0.143. The largest absolute Gasteiger partial charge is 0.480 e. The molecule has 1 fully saturated rings. The number of rotatable bonds is 14. The summed E-state index contributed by atoms with van der Waals surface area (Å²) in [5.74, 6) is -6.09. The molecule has 0 aromatic rings. The summed E-state index contributed by atoms with van der Waals surface area (Å²) in [6, 6.07) is -6.77. The summed E-state index contributed by atoms with van der Waals surface area (Å²) in [4.78, 5) is 94.9. The number of hydrogen-bond donors (Lipinski definition) is 11. The van der Waals surface area contributed by atoms with Crippen molar-refractivity contribution in [3.8, 4) is 0 Å². The summed E-state index contributed by atoms with van der Waals surface area (Å²) in [5, 5.41) is 34.7. The molecule has 0 aromatic heterocycles. The van der Waals surface area contributed by atoms with Crippen molar-refractivity contribution in [1.29, 1.82) is 0 Å². The second kappa shape index (κ2) is 23.8. The van der Waals surface area contributed by atoms with Crippen LogP contribution in [0.4, 0.5) is 0 Å². The van der Waals surface area contributed by atoms with E-state index in [9.17, 15) is 43.8 Å². The van der Waals surface area contributed by atoms with Crippen LogP contribution in [-0.2, 0) is 33.6 Å². The van der Waals surface area contributed by atoms with Crippen LogP contribution in [0.5, 0.6) is 0 Å². The third kappa shape index (κ3) is 17.8. The molecule has 0 aromatic carbocycles. The Hall–Kier alpha value is -4.52. The normalized spacial score (nSPS) is 23.4. The molecule has 5 atom stereocenters. The van der Waals surface area contributed by atoms with Gasteiger partial charge in [0.25, 0.3) is 0 Å². The van der Waals surface area contributed by atoms with Gasteiger partial charge in [0.1, 0.15) is 30.2 Å². The average Bonchev–Trinajstić information content (AvgIpc) is 3.04. The number of nitrogens with two attached hydrogens (primary N) is 3. The number of unbranched alkanes of at least 4 members (excludes halogenated alkanes) is 2. The molecule has 284 valence electrons. The first-order chi connectivity index (χ1) is 23.7. The van der Waals surface area contributed by atoms with E-state index < -0.39 is 84.6 Å². The fourth-order valence-electron chi connectivity index (χ4n) is 5.06. The minimum Gasteiger partial charge on any atom is -0.480 e. The molecule has 1 rings (SSSR count). The maximum absolute atomic E-state index is 13.7. The standard InChI is InChI=1S/C31H56N10O9/c1-18(2)15-21-27(46)38-19(10-8-14-36-31(33)34)26(45)41-23(17-42)29(48)39-20(30(49)50)9-5-7-13-35-25(44)16-22(28(47)40-21)37-24(43)11-4-3-6-12-32/h18-23,42H,3-17,32H2,1-2H3,(H,35,44)(H,37,43)(H,38,46)(H,39,48)(H,40,47)(H,41,45)(H,49,50)(H4,33,34,36)/t19-,20-,21-,22-,23-/m0/s1. The lowest BCUT2D eigenvalue weighted by Crippen LogP contribution is -2.59. The molecule has 19 nitrogen and oxygen atoms in total. The fourth-order valence-corrected chi connectivity index (χ4v) is 5.06. The van der Waals surface area contributed by atoms with Gasteiger partial charge in [-0.25, -0.2) is 4.79 Å². The second-order valence-electron chi connectivity index (χ2n) is 12.6. The van der Waals surface area contributed by atoms with Crippen molar-refractivity contribution >= 4 is 47.4 Å². The highest BCUT2D eigenvalue weighted by Gasteiger charge is 2.33. The minimum absolute atomic E-state index is 0.0305. The second-order valence-corrected chi connectivity index (χ2v) is 12.6. The molecule has 0 unspecified atom stereocenters. The van der Waals surface area contributed by atoms with Crippen molar-refractivity contribution in [1.82, 2.24) is 31.9 Å². The van der Waals surface area contributed by atoms with Gasteiger partial charge in [0.15, 0.2) is 5.96 Å². The van der Waals surface area contributed by atoms with Gasteiger partial charge in [-0.1, -0.05) is 20.3 Å². The SMILES string of the molecule is CC(C)C[C@@H]1NC(=O)[C@@H](NC(=O)CCCCCN)CC(=O)NCCCC[C@@H](C(=O)O)NC(=O)[C@H](CO)NC(=O)[C@H](CCCN=C(N)N)NC1=O. The van der Waals surface area contributed by atoms with Gasteiger partial charge in [-0.2, -0.15) is 0 Å². The number of amides is 6. The minimum atomic E-state index is -1.56. The number of hydrogen-bond acceptors (Lipinski definition) is 10. The van der Waals surface area contributed by atoms with Crippen molar-refractivity contribution in [3.05, 3.63) is 0 Å². The molecule has 6 amide bonds. The quantitative estimate of drug-likeness (QED) is 0.0482. The lowest BCUT2D eigenvalue weighted by atomic mass is 10.0. The number of guanidine groups is 1. The predicted octanol–water partition coefficient (Wildman–Crippen LogP) is -3.20. The first-order valence-corrected chi connectivity index (χ1v) is 17.0. The number of carboxylic acid groups (broad SMARTS) is 1. The summed E-state index contributed by atoms with van der Waals surface area (Å²) >= 11 is 0. The van der Waals surface area contributed by atoms with Crippen LogP contribution in [-0.4, -0.2) is 114 Å². The van der Waals surface area contributed by atoms with Crippen LogP contribution < -0.4 is 49.1 Å². The fraction of sp³-hybridized carbons (Fsp3) is 0.742. The number of carbonyl (C=O) groups excluding carboxylic acids is 6. The number of carbonyl (C=O) groups is 7. The summed E-state index contributed by atoms with van der Waals surface area (Å²) in [7, 11) is 0. The molecule has 1 saturated heterocycles. The summed E-state index contributed by atoms with van der Waals surface area (Å²) in [5.41, 5.74) is 16.3. The maximum Gasteiger partial charge on any atom is 0.326 e. The van der Waals surface area contributed by atoms with E-state index in [4.69, 9.17) is 17.2 Å². The summed E-state index contributed by atoms with van der Waals surface area (Å²) in [6.07, 6.45) is 2.41. The first kappa shape index (κ1) is 43.5. The highest BCUT2D eigenvalue weighted by Crippen LogP contribution is 2.10. The van der Waals surface area contributed by atoms with E-state index in [0.29, 0.717) is 25.8 Å². The van der Waals surface area contributed by atoms with Crippen LogP contribution in [0.15, 0.2) is 4.99 Å². The smallest absolute Gasteiger partial charge is 0.326 e. The molecule has 0 radical (unpaired) electrons. The van der Waals surface area contributed by atoms with Gasteiger partial charge in [0, 0.05) is 19.5 Å². The molecule has 1 aliphatic heterocycles. The van der Waals surface area contributed by atoms with Crippen LogP contribution in [0.25, 0.3) is 0 Å². The van der Waals surface area contributed by atoms with Gasteiger partial charge in [0.05, 0.1) is 13.0 Å².